The topological polar surface area (TPSA) is 20.3 Å². The monoisotopic (exact) mass is 183 g/mol. The maximum atomic E-state index is 11.3. The van der Waals surface area contributed by atoms with Crippen LogP contribution in [0.1, 0.15) is 40.5 Å². The summed E-state index contributed by atoms with van der Waals surface area (Å²) in [5, 5.41) is 0. The summed E-state index contributed by atoms with van der Waals surface area (Å²) in [4.78, 5) is 13.3. The van der Waals surface area contributed by atoms with Crippen LogP contribution in [0.2, 0.25) is 0 Å². The number of carbonyl (C=O) groups excluding carboxylic acids is 1. The molecule has 0 saturated carbocycles. The summed E-state index contributed by atoms with van der Waals surface area (Å²) >= 11 is 0. The minimum Gasteiger partial charge on any atom is -0.342 e. The zero-order valence-electron chi connectivity index (χ0n) is 9.42. The molecular formula is C11H21NO. The van der Waals surface area contributed by atoms with Crippen LogP contribution in [0, 0.1) is 11.3 Å². The van der Waals surface area contributed by atoms with E-state index in [-0.39, 0.29) is 0 Å². The van der Waals surface area contributed by atoms with Crippen molar-refractivity contribution in [2.45, 2.75) is 46.6 Å². The molecule has 76 valence electrons. The normalized spacial score (nSPS) is 26.7. The summed E-state index contributed by atoms with van der Waals surface area (Å²) in [6, 6.07) is 0.451. The molecular weight excluding hydrogens is 162 g/mol. The van der Waals surface area contributed by atoms with E-state index in [0.717, 1.165) is 12.8 Å². The Kier molecular flexibility index (Phi) is 2.69. The zero-order chi connectivity index (χ0) is 10.2. The van der Waals surface area contributed by atoms with Crippen molar-refractivity contribution in [1.82, 2.24) is 4.90 Å². The van der Waals surface area contributed by atoms with Crippen LogP contribution in [0.15, 0.2) is 0 Å². The Hall–Kier alpha value is -0.530. The first kappa shape index (κ1) is 10.6. The van der Waals surface area contributed by atoms with Gasteiger partial charge in [0.2, 0.25) is 5.91 Å². The Morgan fingerprint density at radius 2 is 2.00 bits per heavy atom. The number of hydrogen-bond donors (Lipinski definition) is 0. The third-order valence-electron chi connectivity index (χ3n) is 3.49. The molecule has 0 bridgehead atoms. The summed E-state index contributed by atoms with van der Waals surface area (Å²) in [5.41, 5.74) is 0.295. The third kappa shape index (κ3) is 2.04. The van der Waals surface area contributed by atoms with Crippen LogP contribution in [-0.4, -0.2) is 23.9 Å². The fraction of sp³-hybridized carbons (Fsp3) is 0.909. The summed E-state index contributed by atoms with van der Waals surface area (Å²) in [6.07, 6.45) is 1.77. The lowest BCUT2D eigenvalue weighted by Gasteiger charge is -2.35. The highest BCUT2D eigenvalue weighted by Crippen LogP contribution is 2.35. The Morgan fingerprint density at radius 3 is 2.31 bits per heavy atom. The molecule has 2 nitrogen and oxygen atoms in total. The molecule has 1 aliphatic heterocycles. The van der Waals surface area contributed by atoms with Gasteiger partial charge in [-0.25, -0.2) is 0 Å². The molecule has 0 aliphatic carbocycles. The molecule has 1 rings (SSSR count). The van der Waals surface area contributed by atoms with Crippen molar-refractivity contribution in [3.63, 3.8) is 0 Å². The molecule has 1 heterocycles. The molecule has 0 spiro atoms. The second-order valence-electron chi connectivity index (χ2n) is 5.27. The largest absolute Gasteiger partial charge is 0.342 e. The second kappa shape index (κ2) is 3.32. The lowest BCUT2D eigenvalue weighted by molar-refractivity contribution is -0.128. The number of hydrogen-bond acceptors (Lipinski definition) is 1. The van der Waals surface area contributed by atoms with Gasteiger partial charge in [-0.15, -0.1) is 0 Å². The van der Waals surface area contributed by atoms with E-state index >= 15 is 0 Å². The molecule has 2 heteroatoms. The minimum atomic E-state index is 0.295. The van der Waals surface area contributed by atoms with E-state index in [9.17, 15) is 4.79 Å². The Labute approximate surface area is 81.3 Å². The van der Waals surface area contributed by atoms with Crippen molar-refractivity contribution in [1.29, 1.82) is 0 Å². The first-order chi connectivity index (χ1) is 5.84. The molecule has 0 aromatic rings. The Morgan fingerprint density at radius 1 is 1.46 bits per heavy atom. The van der Waals surface area contributed by atoms with Crippen LogP contribution in [0.3, 0.4) is 0 Å². The van der Waals surface area contributed by atoms with Crippen molar-refractivity contribution in [3.05, 3.63) is 0 Å². The minimum absolute atomic E-state index is 0.295. The summed E-state index contributed by atoms with van der Waals surface area (Å²) in [5.74, 6) is 0.880. The molecule has 0 N–H and O–H groups in total. The lowest BCUT2D eigenvalue weighted by Crippen LogP contribution is -2.39. The molecule has 2 atom stereocenters. The van der Waals surface area contributed by atoms with Crippen molar-refractivity contribution < 1.29 is 4.79 Å². The molecule has 0 aromatic heterocycles. The van der Waals surface area contributed by atoms with Gasteiger partial charge in [-0.3, -0.25) is 4.79 Å². The molecule has 0 radical (unpaired) electrons. The van der Waals surface area contributed by atoms with Crippen molar-refractivity contribution in [2.75, 3.05) is 7.05 Å². The standard InChI is InChI=1S/C11H21NO/c1-8(11(2,3)4)9-6-7-10(13)12(9)5/h8-9H,6-7H2,1-5H3. The van der Waals surface area contributed by atoms with Crippen LogP contribution in [0.25, 0.3) is 0 Å². The van der Waals surface area contributed by atoms with Gasteiger partial charge in [-0.05, 0) is 17.8 Å². The van der Waals surface area contributed by atoms with Crippen LogP contribution < -0.4 is 0 Å². The van der Waals surface area contributed by atoms with Gasteiger partial charge in [0.25, 0.3) is 0 Å². The van der Waals surface area contributed by atoms with Crippen LogP contribution in [-0.2, 0) is 4.79 Å². The van der Waals surface area contributed by atoms with Gasteiger partial charge in [-0.2, -0.15) is 0 Å². The summed E-state index contributed by atoms with van der Waals surface area (Å²) in [7, 11) is 1.93. The number of carbonyl (C=O) groups is 1. The molecule has 1 aliphatic rings. The van der Waals surface area contributed by atoms with E-state index in [4.69, 9.17) is 0 Å². The lowest BCUT2D eigenvalue weighted by atomic mass is 9.77. The van der Waals surface area contributed by atoms with E-state index in [1.807, 2.05) is 11.9 Å². The number of rotatable bonds is 1. The first-order valence-electron chi connectivity index (χ1n) is 5.09. The highest BCUT2D eigenvalue weighted by Gasteiger charge is 2.36. The van der Waals surface area contributed by atoms with Gasteiger partial charge < -0.3 is 4.90 Å². The highest BCUT2D eigenvalue weighted by molar-refractivity contribution is 5.78. The quantitative estimate of drug-likeness (QED) is 0.611. The van der Waals surface area contributed by atoms with Crippen molar-refractivity contribution in [3.8, 4) is 0 Å². The average molecular weight is 183 g/mol. The van der Waals surface area contributed by atoms with Crippen LogP contribution >= 0.6 is 0 Å². The fourth-order valence-electron chi connectivity index (χ4n) is 1.99. The van der Waals surface area contributed by atoms with Gasteiger partial charge in [0.15, 0.2) is 0 Å². The molecule has 1 saturated heterocycles. The SMILES string of the molecule is CC(C1CCC(=O)N1C)C(C)(C)C. The predicted octanol–water partition coefficient (Wildman–Crippen LogP) is 2.29. The van der Waals surface area contributed by atoms with Crippen LogP contribution in [0.4, 0.5) is 0 Å². The van der Waals surface area contributed by atoms with E-state index in [1.54, 1.807) is 0 Å². The van der Waals surface area contributed by atoms with Crippen LogP contribution in [0.5, 0.6) is 0 Å². The average Bonchev–Trinajstić information content (AvgIpc) is 2.30. The molecule has 1 fully saturated rings. The van der Waals surface area contributed by atoms with Gasteiger partial charge in [0.05, 0.1) is 0 Å². The number of amides is 1. The third-order valence-corrected chi connectivity index (χ3v) is 3.49. The maximum Gasteiger partial charge on any atom is 0.222 e. The first-order valence-corrected chi connectivity index (χ1v) is 5.09. The second-order valence-corrected chi connectivity index (χ2v) is 5.27. The van der Waals surface area contributed by atoms with E-state index in [2.05, 4.69) is 27.7 Å². The van der Waals surface area contributed by atoms with E-state index in [0.29, 0.717) is 23.3 Å². The van der Waals surface area contributed by atoms with Gasteiger partial charge in [0.1, 0.15) is 0 Å². The fourth-order valence-corrected chi connectivity index (χ4v) is 1.99. The number of likely N-dealkylation sites (tertiary alicyclic amines) is 1. The van der Waals surface area contributed by atoms with E-state index < -0.39 is 0 Å². The molecule has 1 amide bonds. The Balaban J connectivity index is 2.69. The summed E-state index contributed by atoms with van der Waals surface area (Å²) in [6.45, 7) is 8.98. The van der Waals surface area contributed by atoms with E-state index in [1.165, 1.54) is 0 Å². The van der Waals surface area contributed by atoms with Crippen molar-refractivity contribution >= 4 is 5.91 Å². The molecule has 2 unspecified atom stereocenters. The van der Waals surface area contributed by atoms with Gasteiger partial charge in [0, 0.05) is 19.5 Å². The summed E-state index contributed by atoms with van der Waals surface area (Å²) < 4.78 is 0. The smallest absolute Gasteiger partial charge is 0.222 e. The molecule has 13 heavy (non-hydrogen) atoms. The van der Waals surface area contributed by atoms with Gasteiger partial charge >= 0.3 is 0 Å². The Bertz CT molecular complexity index is 205. The maximum absolute atomic E-state index is 11.3. The van der Waals surface area contributed by atoms with Crippen molar-refractivity contribution in [2.24, 2.45) is 11.3 Å². The number of nitrogens with zero attached hydrogens (tertiary/aromatic N) is 1. The predicted molar refractivity (Wildman–Crippen MR) is 54.4 cm³/mol. The molecule has 0 aromatic carbocycles. The highest BCUT2D eigenvalue weighted by atomic mass is 16.2. The van der Waals surface area contributed by atoms with Gasteiger partial charge in [-0.1, -0.05) is 27.7 Å². The zero-order valence-corrected chi connectivity index (χ0v) is 9.42.